The molecule has 3 aromatic rings. The SMILES string of the molecule is NC(=O)C1(Cc2ccccc2)CN(C(=O)CCc2nc3ccccc3s2)C1. The number of fused-ring (bicyclic) bond motifs is 1. The first-order valence-corrected chi connectivity index (χ1v) is 9.83. The van der Waals surface area contributed by atoms with Crippen molar-refractivity contribution >= 4 is 33.4 Å². The van der Waals surface area contributed by atoms with Gasteiger partial charge in [-0.2, -0.15) is 0 Å². The molecule has 0 bridgehead atoms. The number of para-hydroxylation sites is 1. The van der Waals surface area contributed by atoms with E-state index >= 15 is 0 Å². The molecule has 0 unspecified atom stereocenters. The Morgan fingerprint density at radius 2 is 1.78 bits per heavy atom. The van der Waals surface area contributed by atoms with Crippen LogP contribution in [-0.2, 0) is 22.4 Å². The number of aryl methyl sites for hydroxylation is 1. The summed E-state index contributed by atoms with van der Waals surface area (Å²) in [7, 11) is 0. The standard InChI is InChI=1S/C21H21N3O2S/c22-20(26)21(12-15-6-2-1-3-7-15)13-24(14-21)19(25)11-10-18-23-16-8-4-5-9-17(16)27-18/h1-9H,10-14H2,(H2,22,26). The van der Waals surface area contributed by atoms with Gasteiger partial charge >= 0.3 is 0 Å². The highest BCUT2D eigenvalue weighted by molar-refractivity contribution is 7.18. The lowest BCUT2D eigenvalue weighted by molar-refractivity contribution is -0.151. The number of likely N-dealkylation sites (tertiary alicyclic amines) is 1. The van der Waals surface area contributed by atoms with E-state index in [4.69, 9.17) is 5.73 Å². The molecule has 5 nitrogen and oxygen atoms in total. The van der Waals surface area contributed by atoms with Crippen LogP contribution < -0.4 is 5.73 Å². The molecular formula is C21H21N3O2S. The second-order valence-corrected chi connectivity index (χ2v) is 8.25. The van der Waals surface area contributed by atoms with E-state index in [1.807, 2.05) is 54.6 Å². The molecule has 1 saturated heterocycles. The van der Waals surface area contributed by atoms with Crippen molar-refractivity contribution in [2.24, 2.45) is 11.1 Å². The van der Waals surface area contributed by atoms with Crippen molar-refractivity contribution in [1.29, 1.82) is 0 Å². The lowest BCUT2D eigenvalue weighted by Gasteiger charge is -2.48. The molecule has 2 heterocycles. The van der Waals surface area contributed by atoms with Gasteiger partial charge in [0.15, 0.2) is 0 Å². The van der Waals surface area contributed by atoms with Gasteiger partial charge in [-0.05, 0) is 24.1 Å². The van der Waals surface area contributed by atoms with Crippen LogP contribution in [-0.4, -0.2) is 34.8 Å². The predicted octanol–water partition coefficient (Wildman–Crippen LogP) is 2.79. The molecule has 1 fully saturated rings. The number of amides is 2. The fraction of sp³-hybridized carbons (Fsp3) is 0.286. The molecule has 0 saturated carbocycles. The average molecular weight is 379 g/mol. The van der Waals surface area contributed by atoms with E-state index in [0.29, 0.717) is 32.4 Å². The second kappa shape index (κ2) is 7.12. The van der Waals surface area contributed by atoms with Gasteiger partial charge in [0.2, 0.25) is 11.8 Å². The Kier molecular flexibility index (Phi) is 4.66. The molecule has 0 atom stereocenters. The zero-order valence-corrected chi connectivity index (χ0v) is 15.7. The highest BCUT2D eigenvalue weighted by Gasteiger charge is 2.49. The van der Waals surface area contributed by atoms with Crippen LogP contribution >= 0.6 is 11.3 Å². The van der Waals surface area contributed by atoms with Gasteiger partial charge in [0.1, 0.15) is 0 Å². The van der Waals surface area contributed by atoms with Crippen LogP contribution in [0.2, 0.25) is 0 Å². The summed E-state index contributed by atoms with van der Waals surface area (Å²) < 4.78 is 1.14. The Balaban J connectivity index is 1.35. The van der Waals surface area contributed by atoms with E-state index in [-0.39, 0.29) is 11.8 Å². The lowest BCUT2D eigenvalue weighted by Crippen LogP contribution is -2.64. The van der Waals surface area contributed by atoms with Gasteiger partial charge in [0.05, 0.1) is 20.6 Å². The number of hydrogen-bond acceptors (Lipinski definition) is 4. The number of thiazole rings is 1. The minimum atomic E-state index is -0.646. The van der Waals surface area contributed by atoms with Crippen molar-refractivity contribution in [2.75, 3.05) is 13.1 Å². The lowest BCUT2D eigenvalue weighted by atomic mass is 9.74. The zero-order chi connectivity index (χ0) is 18.9. The largest absolute Gasteiger partial charge is 0.369 e. The molecule has 2 N–H and O–H groups in total. The number of carbonyl (C=O) groups is 2. The number of primary amides is 1. The minimum absolute atomic E-state index is 0.0548. The van der Waals surface area contributed by atoms with Crippen LogP contribution in [0.5, 0.6) is 0 Å². The van der Waals surface area contributed by atoms with E-state index in [2.05, 4.69) is 4.98 Å². The number of nitrogens with zero attached hydrogens (tertiary/aromatic N) is 2. The third-order valence-electron chi connectivity index (χ3n) is 5.14. The number of nitrogens with two attached hydrogens (primary N) is 1. The molecule has 1 aliphatic heterocycles. The van der Waals surface area contributed by atoms with Crippen molar-refractivity contribution in [3.8, 4) is 0 Å². The van der Waals surface area contributed by atoms with Gasteiger partial charge < -0.3 is 10.6 Å². The zero-order valence-electron chi connectivity index (χ0n) is 14.9. The number of hydrogen-bond donors (Lipinski definition) is 1. The van der Waals surface area contributed by atoms with Gasteiger partial charge in [-0.3, -0.25) is 9.59 Å². The highest BCUT2D eigenvalue weighted by Crippen LogP contribution is 2.34. The van der Waals surface area contributed by atoms with Gasteiger partial charge in [0.25, 0.3) is 0 Å². The highest BCUT2D eigenvalue weighted by atomic mass is 32.1. The van der Waals surface area contributed by atoms with Crippen LogP contribution in [0.1, 0.15) is 17.0 Å². The van der Waals surface area contributed by atoms with Gasteiger partial charge in [0, 0.05) is 25.9 Å². The predicted molar refractivity (Wildman–Crippen MR) is 106 cm³/mol. The Morgan fingerprint density at radius 1 is 1.07 bits per heavy atom. The molecule has 4 rings (SSSR count). The maximum absolute atomic E-state index is 12.5. The topological polar surface area (TPSA) is 76.3 Å². The van der Waals surface area contributed by atoms with Gasteiger partial charge in [-0.25, -0.2) is 4.98 Å². The summed E-state index contributed by atoms with van der Waals surface area (Å²) in [6, 6.07) is 17.8. The number of aromatic nitrogens is 1. The third kappa shape index (κ3) is 3.57. The van der Waals surface area contributed by atoms with Crippen LogP contribution in [0.15, 0.2) is 54.6 Å². The molecule has 1 aliphatic rings. The van der Waals surface area contributed by atoms with Crippen LogP contribution in [0.25, 0.3) is 10.2 Å². The quantitative estimate of drug-likeness (QED) is 0.715. The summed E-state index contributed by atoms with van der Waals surface area (Å²) in [6.45, 7) is 0.797. The first-order chi connectivity index (χ1) is 13.1. The van der Waals surface area contributed by atoms with E-state index in [1.54, 1.807) is 16.2 Å². The van der Waals surface area contributed by atoms with Crippen molar-refractivity contribution in [3.63, 3.8) is 0 Å². The summed E-state index contributed by atoms with van der Waals surface area (Å²) in [5, 5.41) is 0.968. The number of benzene rings is 2. The summed E-state index contributed by atoms with van der Waals surface area (Å²) in [4.78, 5) is 30.9. The molecular weight excluding hydrogens is 358 g/mol. The molecule has 138 valence electrons. The van der Waals surface area contributed by atoms with Gasteiger partial charge in [-0.1, -0.05) is 42.5 Å². The molecule has 0 spiro atoms. The average Bonchev–Trinajstić information content (AvgIpc) is 3.06. The van der Waals surface area contributed by atoms with E-state index in [1.165, 1.54) is 0 Å². The maximum Gasteiger partial charge on any atom is 0.227 e. The number of carbonyl (C=O) groups excluding carboxylic acids is 2. The molecule has 6 heteroatoms. The van der Waals surface area contributed by atoms with Crippen molar-refractivity contribution < 1.29 is 9.59 Å². The fourth-order valence-electron chi connectivity index (χ4n) is 3.60. The van der Waals surface area contributed by atoms with Gasteiger partial charge in [-0.15, -0.1) is 11.3 Å². The fourth-order valence-corrected chi connectivity index (χ4v) is 4.57. The van der Waals surface area contributed by atoms with Crippen LogP contribution in [0.3, 0.4) is 0 Å². The van der Waals surface area contributed by atoms with Crippen molar-refractivity contribution in [3.05, 3.63) is 65.2 Å². The first-order valence-electron chi connectivity index (χ1n) is 9.02. The Bertz CT molecular complexity index is 944. The van der Waals surface area contributed by atoms with Crippen LogP contribution in [0, 0.1) is 5.41 Å². The minimum Gasteiger partial charge on any atom is -0.369 e. The number of rotatable bonds is 6. The Hall–Kier alpha value is -2.73. The molecule has 2 aromatic carbocycles. The van der Waals surface area contributed by atoms with Crippen LogP contribution in [0.4, 0.5) is 0 Å². The van der Waals surface area contributed by atoms with Crippen molar-refractivity contribution in [1.82, 2.24) is 9.88 Å². The second-order valence-electron chi connectivity index (χ2n) is 7.13. The smallest absolute Gasteiger partial charge is 0.227 e. The van der Waals surface area contributed by atoms with E-state index in [9.17, 15) is 9.59 Å². The molecule has 1 aromatic heterocycles. The van der Waals surface area contributed by atoms with E-state index in [0.717, 1.165) is 20.8 Å². The molecule has 0 aliphatic carbocycles. The summed E-state index contributed by atoms with van der Waals surface area (Å²) in [5.41, 5.74) is 7.06. The monoisotopic (exact) mass is 379 g/mol. The Labute approximate surface area is 161 Å². The summed E-state index contributed by atoms with van der Waals surface area (Å²) in [6.07, 6.45) is 1.60. The first kappa shape index (κ1) is 17.7. The maximum atomic E-state index is 12.5. The molecule has 0 radical (unpaired) electrons. The van der Waals surface area contributed by atoms with E-state index < -0.39 is 5.41 Å². The normalized spacial score (nSPS) is 15.5. The summed E-state index contributed by atoms with van der Waals surface area (Å²) in [5.74, 6) is -0.277. The molecule has 27 heavy (non-hydrogen) atoms. The third-order valence-corrected chi connectivity index (χ3v) is 6.23. The Morgan fingerprint density at radius 3 is 2.48 bits per heavy atom. The summed E-state index contributed by atoms with van der Waals surface area (Å²) >= 11 is 1.63. The molecule has 2 amide bonds. The van der Waals surface area contributed by atoms with Crippen molar-refractivity contribution in [2.45, 2.75) is 19.3 Å².